The van der Waals surface area contributed by atoms with Crippen LogP contribution in [0.15, 0.2) is 24.7 Å². The highest BCUT2D eigenvalue weighted by molar-refractivity contribution is 5.91. The van der Waals surface area contributed by atoms with Gasteiger partial charge in [0.05, 0.1) is 31.7 Å². The van der Waals surface area contributed by atoms with Gasteiger partial charge in [-0.15, -0.1) is 0 Å². The predicted octanol–water partition coefficient (Wildman–Crippen LogP) is 6.05. The van der Waals surface area contributed by atoms with Gasteiger partial charge >= 0.3 is 6.03 Å². The third-order valence-corrected chi connectivity index (χ3v) is 7.95. The van der Waals surface area contributed by atoms with Crippen LogP contribution in [-0.2, 0) is 9.47 Å². The number of hydrogen-bond acceptors (Lipinski definition) is 7. The van der Waals surface area contributed by atoms with Gasteiger partial charge in [0.15, 0.2) is 17.5 Å². The molecule has 1 aliphatic carbocycles. The van der Waals surface area contributed by atoms with Crippen LogP contribution in [-0.4, -0.2) is 82.5 Å². The first-order valence-electron chi connectivity index (χ1n) is 15.5. The molecule has 3 aromatic rings. The number of carbonyl (C=O) groups excluding carboxylic acids is 1. The number of urea groups is 1. The largest absolute Gasteiger partial charge is 0.379 e. The topological polar surface area (TPSA) is 117 Å². The van der Waals surface area contributed by atoms with Crippen LogP contribution < -0.4 is 10.6 Å². The average Bonchev–Trinajstić information content (AvgIpc) is 3.42. The molecule has 3 heterocycles. The minimum absolute atomic E-state index is 0.0242. The van der Waals surface area contributed by atoms with Crippen molar-refractivity contribution in [1.82, 2.24) is 30.2 Å². The molecule has 0 spiro atoms. The summed E-state index contributed by atoms with van der Waals surface area (Å²) in [7, 11) is 1.81. The van der Waals surface area contributed by atoms with Gasteiger partial charge in [-0.05, 0) is 63.9 Å². The Hall–Kier alpha value is -3.38. The maximum Gasteiger partial charge on any atom is 0.317 e. The molecule has 0 unspecified atom stereocenters. The highest BCUT2D eigenvalue weighted by atomic mass is 19.1. The molecule has 0 aliphatic heterocycles. The summed E-state index contributed by atoms with van der Waals surface area (Å²) in [5.41, 5.74) is 1.04. The second-order valence-electron chi connectivity index (χ2n) is 11.2. The van der Waals surface area contributed by atoms with Crippen LogP contribution in [0.4, 0.5) is 19.4 Å². The van der Waals surface area contributed by atoms with E-state index < -0.39 is 11.6 Å². The summed E-state index contributed by atoms with van der Waals surface area (Å²) in [4.78, 5) is 30.1. The number of nitrogens with zero attached hydrogens (tertiary/aromatic N) is 4. The van der Waals surface area contributed by atoms with E-state index in [1.54, 1.807) is 11.1 Å². The predicted molar refractivity (Wildman–Crippen MR) is 163 cm³/mol. The van der Waals surface area contributed by atoms with Crippen molar-refractivity contribution in [1.29, 1.82) is 0 Å². The summed E-state index contributed by atoms with van der Waals surface area (Å²) in [5, 5.41) is 6.87. The number of rotatable bonds is 16. The number of halogens is 2. The van der Waals surface area contributed by atoms with Crippen molar-refractivity contribution in [2.45, 2.75) is 89.8 Å². The fourth-order valence-electron chi connectivity index (χ4n) is 5.42. The Morgan fingerprint density at radius 3 is 2.72 bits per heavy atom. The molecule has 0 aromatic carbocycles. The Balaban J connectivity index is 1.18. The molecular weight excluding hydrogens is 556 g/mol. The Morgan fingerprint density at radius 2 is 1.91 bits per heavy atom. The van der Waals surface area contributed by atoms with Gasteiger partial charge in [0.1, 0.15) is 11.5 Å². The summed E-state index contributed by atoms with van der Waals surface area (Å²) in [6.07, 6.45) is 12.3. The molecule has 3 N–H and O–H groups in total. The van der Waals surface area contributed by atoms with Crippen LogP contribution in [0, 0.1) is 11.6 Å². The van der Waals surface area contributed by atoms with Gasteiger partial charge in [0.2, 0.25) is 0 Å². The first-order valence-corrected chi connectivity index (χ1v) is 15.5. The van der Waals surface area contributed by atoms with Gasteiger partial charge in [-0.2, -0.15) is 0 Å². The molecule has 10 nitrogen and oxygen atoms in total. The lowest BCUT2D eigenvalue weighted by atomic mass is 9.91. The van der Waals surface area contributed by atoms with E-state index in [0.717, 1.165) is 63.8 Å². The van der Waals surface area contributed by atoms with Gasteiger partial charge in [-0.25, -0.2) is 28.5 Å². The van der Waals surface area contributed by atoms with Crippen molar-refractivity contribution in [2.75, 3.05) is 38.7 Å². The molecule has 0 saturated heterocycles. The van der Waals surface area contributed by atoms with Crippen molar-refractivity contribution in [3.8, 4) is 11.4 Å². The van der Waals surface area contributed by atoms with E-state index in [4.69, 9.17) is 9.47 Å². The van der Waals surface area contributed by atoms with E-state index in [9.17, 15) is 13.6 Å². The lowest BCUT2D eigenvalue weighted by molar-refractivity contribution is 0.00122. The minimum Gasteiger partial charge on any atom is -0.379 e. The number of amides is 2. The summed E-state index contributed by atoms with van der Waals surface area (Å²) >= 11 is 0. The van der Waals surface area contributed by atoms with Gasteiger partial charge < -0.3 is 30.0 Å². The highest BCUT2D eigenvalue weighted by Crippen LogP contribution is 2.28. The number of anilines is 1. The second kappa shape index (κ2) is 16.5. The number of nitrogens with one attached hydrogen (secondary N) is 3. The molecule has 12 heteroatoms. The standard InChI is InChI=1S/C31H45F2N7O3/c1-4-24(5-2)43-15-14-42-13-8-6-7-12-40(3)31(41)38-23-11-9-10-22(17-23)37-30-27(33)20-36-29(39-30)26-19-35-28-25(26)16-21(32)18-34-28/h16,18-20,22-24H,4-15,17H2,1-3H3,(H,34,35)(H,38,41)(H,36,37,39)/t22-,23+/m1/s1. The molecule has 0 radical (unpaired) electrons. The zero-order valence-corrected chi connectivity index (χ0v) is 25.5. The lowest BCUT2D eigenvalue weighted by Crippen LogP contribution is -2.47. The van der Waals surface area contributed by atoms with Crippen molar-refractivity contribution in [3.63, 3.8) is 0 Å². The van der Waals surface area contributed by atoms with E-state index in [0.29, 0.717) is 55.5 Å². The monoisotopic (exact) mass is 601 g/mol. The molecule has 4 rings (SSSR count). The van der Waals surface area contributed by atoms with E-state index in [1.807, 2.05) is 7.05 Å². The van der Waals surface area contributed by atoms with Crippen molar-refractivity contribution in [2.24, 2.45) is 0 Å². The smallest absolute Gasteiger partial charge is 0.317 e. The van der Waals surface area contributed by atoms with Crippen LogP contribution in [0.5, 0.6) is 0 Å². The Bertz CT molecular complexity index is 1300. The van der Waals surface area contributed by atoms with E-state index in [2.05, 4.69) is 44.4 Å². The summed E-state index contributed by atoms with van der Waals surface area (Å²) in [6.45, 7) is 6.87. The Morgan fingerprint density at radius 1 is 1.09 bits per heavy atom. The zero-order chi connectivity index (χ0) is 30.6. The summed E-state index contributed by atoms with van der Waals surface area (Å²) < 4.78 is 39.9. The number of pyridine rings is 1. The SMILES string of the molecule is CCC(CC)OCCOCCCCCN(C)C(=O)N[C@H]1CCC[C@@H](Nc2nc(-c3c[nH]c4ncc(F)cc34)ncc2F)C1. The van der Waals surface area contributed by atoms with Gasteiger partial charge in [0.25, 0.3) is 0 Å². The molecule has 43 heavy (non-hydrogen) atoms. The Labute approximate surface area is 252 Å². The minimum atomic E-state index is -0.570. The van der Waals surface area contributed by atoms with Crippen LogP contribution in [0.25, 0.3) is 22.4 Å². The average molecular weight is 602 g/mol. The number of H-pyrrole nitrogens is 1. The summed E-state index contributed by atoms with van der Waals surface area (Å²) in [6, 6.07) is 1.16. The Kier molecular flexibility index (Phi) is 12.5. The number of hydrogen-bond donors (Lipinski definition) is 3. The molecule has 3 aromatic heterocycles. The van der Waals surface area contributed by atoms with Crippen molar-refractivity contribution in [3.05, 3.63) is 36.3 Å². The third-order valence-electron chi connectivity index (χ3n) is 7.95. The number of ether oxygens (including phenoxy) is 2. The molecule has 2 atom stereocenters. The summed E-state index contributed by atoms with van der Waals surface area (Å²) in [5.74, 6) is -0.698. The maximum atomic E-state index is 14.7. The van der Waals surface area contributed by atoms with Crippen LogP contribution in [0.3, 0.4) is 0 Å². The van der Waals surface area contributed by atoms with Crippen LogP contribution in [0.1, 0.15) is 71.6 Å². The first-order chi connectivity index (χ1) is 20.9. The van der Waals surface area contributed by atoms with Gasteiger partial charge in [0, 0.05) is 49.4 Å². The quantitative estimate of drug-likeness (QED) is 0.171. The molecule has 236 valence electrons. The molecule has 0 bridgehead atoms. The number of aromatic nitrogens is 4. The van der Waals surface area contributed by atoms with Gasteiger partial charge in [-0.1, -0.05) is 13.8 Å². The fraction of sp³-hybridized carbons (Fsp3) is 0.613. The van der Waals surface area contributed by atoms with Crippen LogP contribution in [0.2, 0.25) is 0 Å². The number of fused-ring (bicyclic) bond motifs is 1. The van der Waals surface area contributed by atoms with Crippen LogP contribution >= 0.6 is 0 Å². The van der Waals surface area contributed by atoms with Gasteiger partial charge in [-0.3, -0.25) is 0 Å². The zero-order valence-electron chi connectivity index (χ0n) is 25.5. The van der Waals surface area contributed by atoms with Crippen molar-refractivity contribution < 1.29 is 23.0 Å². The molecular formula is C31H45F2N7O3. The number of aromatic amines is 1. The van der Waals surface area contributed by atoms with E-state index >= 15 is 0 Å². The molecule has 2 amide bonds. The normalized spacial score (nSPS) is 17.0. The third kappa shape index (κ3) is 9.56. The first kappa shape index (κ1) is 32.5. The fourth-order valence-corrected chi connectivity index (χ4v) is 5.42. The van der Waals surface area contributed by atoms with E-state index in [-0.39, 0.29) is 29.8 Å². The van der Waals surface area contributed by atoms with Crippen molar-refractivity contribution >= 4 is 22.9 Å². The highest BCUT2D eigenvalue weighted by Gasteiger charge is 2.25. The second-order valence-corrected chi connectivity index (χ2v) is 11.2. The molecule has 1 aliphatic rings. The lowest BCUT2D eigenvalue weighted by Gasteiger charge is -2.32. The number of unbranched alkanes of at least 4 members (excludes halogenated alkanes) is 2. The number of carbonyl (C=O) groups is 1. The molecule has 1 saturated carbocycles. The van der Waals surface area contributed by atoms with E-state index in [1.165, 1.54) is 6.07 Å². The molecule has 1 fully saturated rings. The maximum absolute atomic E-state index is 14.7.